The number of rotatable bonds is 8. The van der Waals surface area contributed by atoms with Gasteiger partial charge in [-0.1, -0.05) is 60.7 Å². The standard InChI is InChI=1S/C35H30INO5/c1-4-40-28-18-24(17-27(36)34(28)42-19-21-14-15-22-10-6-7-11-23(22)16-21)30-29(35(39)41-5-2)20(3)37-32-25-12-8-9-13-26(25)33(38)31(30)32/h6-18,30,37H,4-5,19H2,1-3H3/t30-/m1/s1. The summed E-state index contributed by atoms with van der Waals surface area (Å²) in [6, 6.07) is 25.9. The van der Waals surface area contributed by atoms with Crippen molar-refractivity contribution in [3.8, 4) is 11.5 Å². The summed E-state index contributed by atoms with van der Waals surface area (Å²) in [6.07, 6.45) is 0. The molecule has 6 rings (SSSR count). The van der Waals surface area contributed by atoms with Gasteiger partial charge in [-0.05, 0) is 83.5 Å². The second-order valence-corrected chi connectivity index (χ2v) is 11.4. The highest BCUT2D eigenvalue weighted by Gasteiger charge is 2.43. The number of dihydropyridines is 1. The highest BCUT2D eigenvalue weighted by Crippen LogP contribution is 2.49. The zero-order valence-corrected chi connectivity index (χ0v) is 25.8. The summed E-state index contributed by atoms with van der Waals surface area (Å²) >= 11 is 2.24. The number of halogens is 1. The Hall–Kier alpha value is -4.11. The average Bonchev–Trinajstić information content (AvgIpc) is 3.27. The smallest absolute Gasteiger partial charge is 0.336 e. The van der Waals surface area contributed by atoms with Crippen LogP contribution in [0.25, 0.3) is 16.5 Å². The van der Waals surface area contributed by atoms with Crippen LogP contribution in [0, 0.1) is 3.57 Å². The van der Waals surface area contributed by atoms with Crippen LogP contribution in [0.4, 0.5) is 0 Å². The van der Waals surface area contributed by atoms with Crippen molar-refractivity contribution in [1.29, 1.82) is 0 Å². The lowest BCUT2D eigenvalue weighted by Crippen LogP contribution is -2.29. The molecule has 1 N–H and O–H groups in total. The van der Waals surface area contributed by atoms with Crippen LogP contribution in [-0.4, -0.2) is 25.0 Å². The van der Waals surface area contributed by atoms with E-state index in [0.717, 1.165) is 31.3 Å². The van der Waals surface area contributed by atoms with Gasteiger partial charge < -0.3 is 19.5 Å². The summed E-state index contributed by atoms with van der Waals surface area (Å²) in [5.41, 5.74) is 5.60. The third-order valence-corrected chi connectivity index (χ3v) is 8.41. The Morgan fingerprint density at radius 1 is 0.881 bits per heavy atom. The summed E-state index contributed by atoms with van der Waals surface area (Å²) in [7, 11) is 0. The molecule has 42 heavy (non-hydrogen) atoms. The number of ether oxygens (including phenoxy) is 3. The molecule has 0 unspecified atom stereocenters. The summed E-state index contributed by atoms with van der Waals surface area (Å²) in [5, 5.41) is 5.68. The molecule has 4 aromatic carbocycles. The predicted octanol–water partition coefficient (Wildman–Crippen LogP) is 7.55. The quantitative estimate of drug-likeness (QED) is 0.154. The van der Waals surface area contributed by atoms with E-state index in [4.69, 9.17) is 14.2 Å². The van der Waals surface area contributed by atoms with Crippen molar-refractivity contribution >= 4 is 50.8 Å². The lowest BCUT2D eigenvalue weighted by Gasteiger charge is -2.30. The molecular formula is C35H30INO5. The highest BCUT2D eigenvalue weighted by molar-refractivity contribution is 14.1. The summed E-state index contributed by atoms with van der Waals surface area (Å²) in [5.74, 6) is -0.00604. The first kappa shape index (κ1) is 28.0. The van der Waals surface area contributed by atoms with Crippen LogP contribution in [0.3, 0.4) is 0 Å². The first-order chi connectivity index (χ1) is 20.4. The fraction of sp³-hybridized carbons (Fsp3) is 0.200. The molecular weight excluding hydrogens is 641 g/mol. The number of Topliss-reactive ketones (excluding diaryl/α,β-unsaturated/α-hetero) is 1. The molecule has 0 fully saturated rings. The van der Waals surface area contributed by atoms with Crippen molar-refractivity contribution in [3.63, 3.8) is 0 Å². The molecule has 7 heteroatoms. The second kappa shape index (κ2) is 11.6. The molecule has 4 aromatic rings. The Morgan fingerprint density at radius 2 is 1.62 bits per heavy atom. The van der Waals surface area contributed by atoms with Crippen molar-refractivity contribution in [2.45, 2.75) is 33.3 Å². The van der Waals surface area contributed by atoms with Gasteiger partial charge in [0.2, 0.25) is 0 Å². The number of esters is 1. The maximum atomic E-state index is 13.8. The first-order valence-electron chi connectivity index (χ1n) is 14.0. The fourth-order valence-corrected chi connectivity index (χ4v) is 6.56. The van der Waals surface area contributed by atoms with Crippen LogP contribution in [-0.2, 0) is 16.1 Å². The molecule has 0 saturated heterocycles. The number of nitrogens with one attached hydrogen (secondary N) is 1. The van der Waals surface area contributed by atoms with Gasteiger partial charge in [0.25, 0.3) is 0 Å². The Kier molecular flexibility index (Phi) is 7.77. The number of allylic oxidation sites excluding steroid dienone is 2. The Balaban J connectivity index is 1.42. The molecule has 1 heterocycles. The number of hydrogen-bond donors (Lipinski definition) is 1. The van der Waals surface area contributed by atoms with Gasteiger partial charge in [-0.15, -0.1) is 0 Å². The van der Waals surface area contributed by atoms with Crippen LogP contribution in [0.15, 0.2) is 95.7 Å². The third-order valence-electron chi connectivity index (χ3n) is 7.61. The maximum Gasteiger partial charge on any atom is 0.336 e. The average molecular weight is 672 g/mol. The van der Waals surface area contributed by atoms with Gasteiger partial charge in [-0.3, -0.25) is 4.79 Å². The molecule has 1 aliphatic heterocycles. The lowest BCUT2D eigenvalue weighted by molar-refractivity contribution is -0.138. The highest BCUT2D eigenvalue weighted by atomic mass is 127. The van der Waals surface area contributed by atoms with Gasteiger partial charge >= 0.3 is 5.97 Å². The van der Waals surface area contributed by atoms with Crippen LogP contribution >= 0.6 is 22.6 Å². The summed E-state index contributed by atoms with van der Waals surface area (Å²) < 4.78 is 18.8. The minimum atomic E-state index is -0.637. The van der Waals surface area contributed by atoms with E-state index in [1.165, 1.54) is 5.39 Å². The number of fused-ring (bicyclic) bond motifs is 3. The molecule has 6 nitrogen and oxygen atoms in total. The van der Waals surface area contributed by atoms with E-state index >= 15 is 0 Å². The zero-order chi connectivity index (χ0) is 29.4. The van der Waals surface area contributed by atoms with E-state index in [1.54, 1.807) is 6.92 Å². The molecule has 0 radical (unpaired) electrons. The molecule has 0 aromatic heterocycles. The van der Waals surface area contributed by atoms with Crippen LogP contribution in [0.5, 0.6) is 11.5 Å². The zero-order valence-electron chi connectivity index (χ0n) is 23.6. The largest absolute Gasteiger partial charge is 0.490 e. The number of carbonyl (C=O) groups is 2. The van der Waals surface area contributed by atoms with Gasteiger partial charge in [0.15, 0.2) is 17.3 Å². The van der Waals surface area contributed by atoms with Crippen molar-refractivity contribution in [2.24, 2.45) is 0 Å². The van der Waals surface area contributed by atoms with E-state index in [9.17, 15) is 9.59 Å². The lowest BCUT2D eigenvalue weighted by atomic mass is 9.79. The molecule has 212 valence electrons. The Morgan fingerprint density at radius 3 is 2.38 bits per heavy atom. The predicted molar refractivity (Wildman–Crippen MR) is 172 cm³/mol. The molecule has 2 aliphatic rings. The summed E-state index contributed by atoms with van der Waals surface area (Å²) in [4.78, 5) is 27.2. The first-order valence-corrected chi connectivity index (χ1v) is 15.1. The van der Waals surface area contributed by atoms with Gasteiger partial charge in [-0.2, -0.15) is 0 Å². The molecule has 0 spiro atoms. The number of benzene rings is 4. The van der Waals surface area contributed by atoms with E-state index in [2.05, 4.69) is 58.2 Å². The second-order valence-electron chi connectivity index (χ2n) is 10.2. The molecule has 1 aliphatic carbocycles. The van der Waals surface area contributed by atoms with Crippen molar-refractivity contribution in [1.82, 2.24) is 5.32 Å². The van der Waals surface area contributed by atoms with Crippen molar-refractivity contribution in [3.05, 3.63) is 122 Å². The minimum absolute atomic E-state index is 0.100. The molecule has 1 atom stereocenters. The third kappa shape index (κ3) is 4.96. The summed E-state index contributed by atoms with van der Waals surface area (Å²) in [6.45, 7) is 6.57. The Bertz CT molecular complexity index is 1800. The van der Waals surface area contributed by atoms with E-state index in [1.807, 2.05) is 62.4 Å². The van der Waals surface area contributed by atoms with Crippen LogP contribution < -0.4 is 14.8 Å². The molecule has 0 saturated carbocycles. The number of ketones is 1. The number of hydrogen-bond acceptors (Lipinski definition) is 6. The maximum absolute atomic E-state index is 13.8. The van der Waals surface area contributed by atoms with Crippen molar-refractivity contribution < 1.29 is 23.8 Å². The van der Waals surface area contributed by atoms with Gasteiger partial charge in [0, 0.05) is 28.3 Å². The van der Waals surface area contributed by atoms with Gasteiger partial charge in [0.1, 0.15) is 6.61 Å². The monoisotopic (exact) mass is 671 g/mol. The molecule has 0 bridgehead atoms. The minimum Gasteiger partial charge on any atom is -0.490 e. The number of carbonyl (C=O) groups excluding carboxylic acids is 2. The van der Waals surface area contributed by atoms with Gasteiger partial charge in [0.05, 0.1) is 28.1 Å². The van der Waals surface area contributed by atoms with Crippen LogP contribution in [0.2, 0.25) is 0 Å². The molecule has 0 amide bonds. The normalized spacial score (nSPS) is 15.8. The van der Waals surface area contributed by atoms with E-state index < -0.39 is 11.9 Å². The van der Waals surface area contributed by atoms with E-state index in [0.29, 0.717) is 47.1 Å². The van der Waals surface area contributed by atoms with Crippen LogP contribution in [0.1, 0.15) is 53.7 Å². The van der Waals surface area contributed by atoms with Crippen molar-refractivity contribution in [2.75, 3.05) is 13.2 Å². The fourth-order valence-electron chi connectivity index (χ4n) is 5.78. The Labute approximate surface area is 258 Å². The van der Waals surface area contributed by atoms with E-state index in [-0.39, 0.29) is 12.4 Å². The topological polar surface area (TPSA) is 73.9 Å². The SMILES string of the molecule is CCOC(=O)C1=C(C)NC2=C(C(=O)c3ccccc32)[C@@H]1c1cc(I)c(OCc2ccc3ccccc3c2)c(OCC)c1. The van der Waals surface area contributed by atoms with Gasteiger partial charge in [-0.25, -0.2) is 4.79 Å².